The standard InChI is InChI=1S/C18H22FN/c1-4-20-12-16-9-10-17(19)11-18(16)15-7-5-14(6-8-15)13(2)3/h5-11,13,20H,4,12H2,1-3H3. The van der Waals surface area contributed by atoms with Crippen molar-refractivity contribution >= 4 is 0 Å². The third-order valence-electron chi connectivity index (χ3n) is 3.53. The Hall–Kier alpha value is -1.67. The molecule has 0 radical (unpaired) electrons. The van der Waals surface area contributed by atoms with Gasteiger partial charge < -0.3 is 5.32 Å². The number of nitrogens with one attached hydrogen (secondary N) is 1. The van der Waals surface area contributed by atoms with Crippen LogP contribution >= 0.6 is 0 Å². The molecule has 0 aliphatic heterocycles. The van der Waals surface area contributed by atoms with Crippen LogP contribution in [0.15, 0.2) is 42.5 Å². The largest absolute Gasteiger partial charge is 0.313 e. The Morgan fingerprint density at radius 1 is 1.05 bits per heavy atom. The van der Waals surface area contributed by atoms with Gasteiger partial charge in [-0.2, -0.15) is 0 Å². The van der Waals surface area contributed by atoms with Crippen LogP contribution in [0.4, 0.5) is 4.39 Å². The highest BCUT2D eigenvalue weighted by Gasteiger charge is 2.07. The van der Waals surface area contributed by atoms with Crippen molar-refractivity contribution in [3.63, 3.8) is 0 Å². The van der Waals surface area contributed by atoms with E-state index in [1.807, 2.05) is 6.07 Å². The van der Waals surface area contributed by atoms with Crippen LogP contribution in [0.5, 0.6) is 0 Å². The van der Waals surface area contributed by atoms with Crippen LogP contribution in [0.2, 0.25) is 0 Å². The molecule has 106 valence electrons. The molecule has 0 atom stereocenters. The second-order valence-corrected chi connectivity index (χ2v) is 5.36. The second-order valence-electron chi connectivity index (χ2n) is 5.36. The van der Waals surface area contributed by atoms with E-state index in [9.17, 15) is 4.39 Å². The van der Waals surface area contributed by atoms with Crippen molar-refractivity contribution in [1.29, 1.82) is 0 Å². The van der Waals surface area contributed by atoms with E-state index in [1.54, 1.807) is 6.07 Å². The molecule has 0 heterocycles. The van der Waals surface area contributed by atoms with Gasteiger partial charge in [-0.05, 0) is 46.8 Å². The van der Waals surface area contributed by atoms with Crippen molar-refractivity contribution < 1.29 is 4.39 Å². The van der Waals surface area contributed by atoms with Gasteiger partial charge in [-0.1, -0.05) is 51.1 Å². The van der Waals surface area contributed by atoms with Crippen molar-refractivity contribution in [3.8, 4) is 11.1 Å². The SMILES string of the molecule is CCNCc1ccc(F)cc1-c1ccc(C(C)C)cc1. The number of hydrogen-bond donors (Lipinski definition) is 1. The minimum atomic E-state index is -0.187. The molecule has 2 heteroatoms. The van der Waals surface area contributed by atoms with Gasteiger partial charge in [-0.3, -0.25) is 0 Å². The summed E-state index contributed by atoms with van der Waals surface area (Å²) in [6, 6.07) is 13.4. The molecule has 0 unspecified atom stereocenters. The predicted octanol–water partition coefficient (Wildman–Crippen LogP) is 4.73. The van der Waals surface area contributed by atoms with E-state index < -0.39 is 0 Å². The van der Waals surface area contributed by atoms with Gasteiger partial charge in [-0.15, -0.1) is 0 Å². The van der Waals surface area contributed by atoms with Gasteiger partial charge in [0.15, 0.2) is 0 Å². The first kappa shape index (κ1) is 14.7. The molecule has 0 bridgehead atoms. The van der Waals surface area contributed by atoms with Crippen molar-refractivity contribution in [2.75, 3.05) is 6.54 Å². The fourth-order valence-electron chi connectivity index (χ4n) is 2.28. The lowest BCUT2D eigenvalue weighted by atomic mass is 9.96. The maximum atomic E-state index is 13.5. The minimum Gasteiger partial charge on any atom is -0.313 e. The Morgan fingerprint density at radius 2 is 1.75 bits per heavy atom. The Bertz CT molecular complexity index is 558. The Labute approximate surface area is 120 Å². The smallest absolute Gasteiger partial charge is 0.123 e. The van der Waals surface area contributed by atoms with Crippen molar-refractivity contribution in [1.82, 2.24) is 5.32 Å². The first-order valence-corrected chi connectivity index (χ1v) is 7.21. The Balaban J connectivity index is 2.37. The van der Waals surface area contributed by atoms with Gasteiger partial charge in [-0.25, -0.2) is 4.39 Å². The Morgan fingerprint density at radius 3 is 2.35 bits per heavy atom. The number of hydrogen-bond acceptors (Lipinski definition) is 1. The van der Waals surface area contributed by atoms with Crippen LogP contribution in [-0.2, 0) is 6.54 Å². The summed E-state index contributed by atoms with van der Waals surface area (Å²) >= 11 is 0. The predicted molar refractivity (Wildman–Crippen MR) is 83.3 cm³/mol. The molecule has 0 aliphatic rings. The van der Waals surface area contributed by atoms with E-state index >= 15 is 0 Å². The zero-order valence-corrected chi connectivity index (χ0v) is 12.4. The van der Waals surface area contributed by atoms with Gasteiger partial charge in [0.1, 0.15) is 5.82 Å². The molecule has 0 aromatic heterocycles. The molecule has 1 nitrogen and oxygen atoms in total. The van der Waals surface area contributed by atoms with Gasteiger partial charge in [0, 0.05) is 6.54 Å². The lowest BCUT2D eigenvalue weighted by Crippen LogP contribution is -2.12. The summed E-state index contributed by atoms with van der Waals surface area (Å²) in [5.41, 5.74) is 4.48. The number of benzene rings is 2. The molecule has 0 spiro atoms. The van der Waals surface area contributed by atoms with Crippen molar-refractivity contribution in [2.45, 2.75) is 33.2 Å². The van der Waals surface area contributed by atoms with Crippen LogP contribution < -0.4 is 5.32 Å². The van der Waals surface area contributed by atoms with E-state index in [1.165, 1.54) is 11.6 Å². The maximum absolute atomic E-state index is 13.5. The molecule has 2 aromatic rings. The average Bonchev–Trinajstić information content (AvgIpc) is 2.46. The summed E-state index contributed by atoms with van der Waals surface area (Å²) in [4.78, 5) is 0. The molecular weight excluding hydrogens is 249 g/mol. The van der Waals surface area contributed by atoms with E-state index in [-0.39, 0.29) is 5.82 Å². The fourth-order valence-corrected chi connectivity index (χ4v) is 2.28. The van der Waals surface area contributed by atoms with Crippen LogP contribution in [0, 0.1) is 5.82 Å². The van der Waals surface area contributed by atoms with Gasteiger partial charge >= 0.3 is 0 Å². The molecule has 0 amide bonds. The summed E-state index contributed by atoms with van der Waals surface area (Å²) in [6.45, 7) is 8.09. The van der Waals surface area contributed by atoms with E-state index in [0.29, 0.717) is 5.92 Å². The number of rotatable bonds is 5. The monoisotopic (exact) mass is 271 g/mol. The second kappa shape index (κ2) is 6.67. The number of halogens is 1. The van der Waals surface area contributed by atoms with Gasteiger partial charge in [0.2, 0.25) is 0 Å². The van der Waals surface area contributed by atoms with E-state index in [2.05, 4.69) is 50.4 Å². The molecule has 1 N–H and O–H groups in total. The summed E-state index contributed by atoms with van der Waals surface area (Å²) in [5.74, 6) is 0.325. The highest BCUT2D eigenvalue weighted by molar-refractivity contribution is 5.67. The fraction of sp³-hybridized carbons (Fsp3) is 0.333. The van der Waals surface area contributed by atoms with Crippen LogP contribution in [0.25, 0.3) is 11.1 Å². The van der Waals surface area contributed by atoms with Crippen molar-refractivity contribution in [3.05, 3.63) is 59.4 Å². The first-order chi connectivity index (χ1) is 9.61. The van der Waals surface area contributed by atoms with E-state index in [4.69, 9.17) is 0 Å². The molecule has 0 saturated carbocycles. The zero-order chi connectivity index (χ0) is 14.5. The van der Waals surface area contributed by atoms with E-state index in [0.717, 1.165) is 29.8 Å². The van der Waals surface area contributed by atoms with Crippen LogP contribution in [-0.4, -0.2) is 6.54 Å². The average molecular weight is 271 g/mol. The normalized spacial score (nSPS) is 11.1. The molecule has 2 aromatic carbocycles. The summed E-state index contributed by atoms with van der Waals surface area (Å²) in [5, 5.41) is 3.30. The zero-order valence-electron chi connectivity index (χ0n) is 12.4. The van der Waals surface area contributed by atoms with Crippen LogP contribution in [0.1, 0.15) is 37.8 Å². The third kappa shape index (κ3) is 3.45. The molecule has 0 aliphatic carbocycles. The lowest BCUT2D eigenvalue weighted by molar-refractivity contribution is 0.626. The lowest BCUT2D eigenvalue weighted by Gasteiger charge is -2.12. The summed E-state index contributed by atoms with van der Waals surface area (Å²) < 4.78 is 13.5. The van der Waals surface area contributed by atoms with Crippen LogP contribution in [0.3, 0.4) is 0 Å². The topological polar surface area (TPSA) is 12.0 Å². The molecule has 0 fully saturated rings. The molecular formula is C18H22FN. The first-order valence-electron chi connectivity index (χ1n) is 7.21. The summed E-state index contributed by atoms with van der Waals surface area (Å²) in [6.07, 6.45) is 0. The van der Waals surface area contributed by atoms with Gasteiger partial charge in [0.05, 0.1) is 0 Å². The van der Waals surface area contributed by atoms with Gasteiger partial charge in [0.25, 0.3) is 0 Å². The third-order valence-corrected chi connectivity index (χ3v) is 3.53. The molecule has 2 rings (SSSR count). The highest BCUT2D eigenvalue weighted by atomic mass is 19.1. The maximum Gasteiger partial charge on any atom is 0.123 e. The molecule has 20 heavy (non-hydrogen) atoms. The Kier molecular flexibility index (Phi) is 4.91. The highest BCUT2D eigenvalue weighted by Crippen LogP contribution is 2.26. The minimum absolute atomic E-state index is 0.187. The quantitative estimate of drug-likeness (QED) is 0.829. The summed E-state index contributed by atoms with van der Waals surface area (Å²) in [7, 11) is 0. The molecule has 0 saturated heterocycles. The van der Waals surface area contributed by atoms with Crippen molar-refractivity contribution in [2.24, 2.45) is 0 Å².